The highest BCUT2D eigenvalue weighted by Crippen LogP contribution is 2.23. The van der Waals surface area contributed by atoms with E-state index in [1.807, 2.05) is 0 Å². The summed E-state index contributed by atoms with van der Waals surface area (Å²) < 4.78 is 4.69. The maximum Gasteiger partial charge on any atom is 0.174 e. The summed E-state index contributed by atoms with van der Waals surface area (Å²) in [6.07, 6.45) is -4.89. The molecular formula is C6H11ClO5. The first-order valence-corrected chi connectivity index (χ1v) is 3.96. The second-order valence-corrected chi connectivity index (χ2v) is 3.18. The number of alkyl halides is 1. The summed E-state index contributed by atoms with van der Waals surface area (Å²) >= 11 is 5.47. The fourth-order valence-electron chi connectivity index (χ4n) is 1.06. The van der Waals surface area contributed by atoms with Crippen molar-refractivity contribution in [2.75, 3.05) is 6.61 Å². The first kappa shape index (κ1) is 10.2. The third kappa shape index (κ3) is 1.71. The predicted molar refractivity (Wildman–Crippen MR) is 39.6 cm³/mol. The summed E-state index contributed by atoms with van der Waals surface area (Å²) in [6, 6.07) is 0. The number of ether oxygens (including phenoxy) is 1. The summed E-state index contributed by atoms with van der Waals surface area (Å²) in [7, 11) is 0. The molecule has 0 aromatic carbocycles. The molecule has 5 atom stereocenters. The van der Waals surface area contributed by atoms with Gasteiger partial charge in [-0.3, -0.25) is 0 Å². The molecule has 0 amide bonds. The van der Waals surface area contributed by atoms with Gasteiger partial charge in [0.05, 0.1) is 6.61 Å². The average molecular weight is 199 g/mol. The Kier molecular flexibility index (Phi) is 3.28. The van der Waals surface area contributed by atoms with Crippen molar-refractivity contribution in [3.63, 3.8) is 0 Å². The van der Waals surface area contributed by atoms with Crippen LogP contribution in [0.15, 0.2) is 0 Å². The molecule has 1 heterocycles. The lowest BCUT2D eigenvalue weighted by Crippen LogP contribution is -2.56. The summed E-state index contributed by atoms with van der Waals surface area (Å²) in [6.45, 7) is -0.473. The first-order valence-electron chi connectivity index (χ1n) is 3.52. The standard InChI is InChI=1S/C6H11ClO5/c7-3-5(10)4(9)2(1-8)12-6(3)11/h2-6,8-11H,1H2/t2?,3-,4+,5?,6-/m1/s1. The molecule has 1 rings (SSSR count). The third-order valence-corrected chi connectivity index (χ3v) is 2.30. The molecule has 0 spiro atoms. The van der Waals surface area contributed by atoms with Crippen LogP contribution in [-0.2, 0) is 4.74 Å². The van der Waals surface area contributed by atoms with Crippen molar-refractivity contribution < 1.29 is 25.2 Å². The minimum absolute atomic E-state index is 0.473. The number of aliphatic hydroxyl groups excluding tert-OH is 4. The highest BCUT2D eigenvalue weighted by Gasteiger charge is 2.42. The maximum absolute atomic E-state index is 9.20. The van der Waals surface area contributed by atoms with Crippen molar-refractivity contribution in [3.8, 4) is 0 Å². The Morgan fingerprint density at radius 2 is 1.75 bits per heavy atom. The second-order valence-electron chi connectivity index (χ2n) is 2.67. The van der Waals surface area contributed by atoms with Gasteiger partial charge in [-0.25, -0.2) is 0 Å². The number of halogens is 1. The van der Waals surface area contributed by atoms with Gasteiger partial charge in [0, 0.05) is 0 Å². The van der Waals surface area contributed by atoms with E-state index in [1.54, 1.807) is 0 Å². The molecule has 0 aliphatic carbocycles. The molecule has 1 fully saturated rings. The molecule has 1 aliphatic heterocycles. The Labute approximate surface area is 74.2 Å². The van der Waals surface area contributed by atoms with Gasteiger partial charge in [0.1, 0.15) is 23.7 Å². The number of aliphatic hydroxyl groups is 4. The zero-order valence-electron chi connectivity index (χ0n) is 6.17. The molecular weight excluding hydrogens is 188 g/mol. The molecule has 1 saturated heterocycles. The van der Waals surface area contributed by atoms with Gasteiger partial charge in [-0.1, -0.05) is 0 Å². The van der Waals surface area contributed by atoms with Crippen molar-refractivity contribution >= 4 is 11.6 Å². The molecule has 0 aromatic heterocycles. The van der Waals surface area contributed by atoms with Crippen LogP contribution in [0.25, 0.3) is 0 Å². The van der Waals surface area contributed by atoms with Crippen LogP contribution in [0, 0.1) is 0 Å². The van der Waals surface area contributed by atoms with Crippen LogP contribution >= 0.6 is 11.6 Å². The zero-order chi connectivity index (χ0) is 9.30. The molecule has 1 aliphatic rings. The van der Waals surface area contributed by atoms with Gasteiger partial charge in [0.2, 0.25) is 0 Å². The van der Waals surface area contributed by atoms with E-state index in [1.165, 1.54) is 0 Å². The van der Waals surface area contributed by atoms with Crippen LogP contribution < -0.4 is 0 Å². The van der Waals surface area contributed by atoms with Gasteiger partial charge in [0.15, 0.2) is 6.29 Å². The normalized spacial score (nSPS) is 49.2. The van der Waals surface area contributed by atoms with Gasteiger partial charge >= 0.3 is 0 Å². The Hall–Kier alpha value is 0.0900. The van der Waals surface area contributed by atoms with Crippen LogP contribution in [0.2, 0.25) is 0 Å². The van der Waals surface area contributed by atoms with E-state index < -0.39 is 36.6 Å². The lowest BCUT2D eigenvalue weighted by Gasteiger charge is -2.37. The van der Waals surface area contributed by atoms with Crippen LogP contribution in [0.5, 0.6) is 0 Å². The number of rotatable bonds is 1. The molecule has 0 bridgehead atoms. The highest BCUT2D eigenvalue weighted by molar-refractivity contribution is 6.21. The average Bonchev–Trinajstić information content (AvgIpc) is 2.08. The maximum atomic E-state index is 9.20. The third-order valence-electron chi connectivity index (χ3n) is 1.82. The lowest BCUT2D eigenvalue weighted by atomic mass is 10.0. The van der Waals surface area contributed by atoms with E-state index in [9.17, 15) is 10.2 Å². The molecule has 0 radical (unpaired) electrons. The molecule has 0 saturated carbocycles. The number of hydrogen-bond acceptors (Lipinski definition) is 5. The zero-order valence-corrected chi connectivity index (χ0v) is 6.92. The summed E-state index contributed by atoms with van der Waals surface area (Å²) in [5.74, 6) is 0. The van der Waals surface area contributed by atoms with E-state index in [0.29, 0.717) is 0 Å². The van der Waals surface area contributed by atoms with Crippen molar-refractivity contribution in [2.24, 2.45) is 0 Å². The predicted octanol–water partition coefficient (Wildman–Crippen LogP) is -1.97. The molecule has 4 N–H and O–H groups in total. The van der Waals surface area contributed by atoms with E-state index >= 15 is 0 Å². The van der Waals surface area contributed by atoms with Gasteiger partial charge in [-0.15, -0.1) is 11.6 Å². The van der Waals surface area contributed by atoms with E-state index in [0.717, 1.165) is 0 Å². The van der Waals surface area contributed by atoms with Gasteiger partial charge < -0.3 is 25.2 Å². The van der Waals surface area contributed by atoms with E-state index in [-0.39, 0.29) is 0 Å². The van der Waals surface area contributed by atoms with Crippen LogP contribution in [0.3, 0.4) is 0 Å². The Morgan fingerprint density at radius 1 is 1.17 bits per heavy atom. The monoisotopic (exact) mass is 198 g/mol. The fourth-order valence-corrected chi connectivity index (χ4v) is 1.27. The van der Waals surface area contributed by atoms with Gasteiger partial charge in [-0.2, -0.15) is 0 Å². The van der Waals surface area contributed by atoms with Crippen molar-refractivity contribution in [1.82, 2.24) is 0 Å². The largest absolute Gasteiger partial charge is 0.394 e. The highest BCUT2D eigenvalue weighted by atomic mass is 35.5. The van der Waals surface area contributed by atoms with Gasteiger partial charge in [-0.05, 0) is 0 Å². The molecule has 0 aromatic rings. The van der Waals surface area contributed by atoms with Crippen LogP contribution in [0.4, 0.5) is 0 Å². The molecule has 5 nitrogen and oxygen atoms in total. The summed E-state index contributed by atoms with van der Waals surface area (Å²) in [5, 5.41) is 35.0. The van der Waals surface area contributed by atoms with Crippen LogP contribution in [-0.4, -0.2) is 57.0 Å². The summed E-state index contributed by atoms with van der Waals surface area (Å²) in [5.41, 5.74) is 0. The van der Waals surface area contributed by atoms with E-state index in [4.69, 9.17) is 26.6 Å². The minimum atomic E-state index is -1.36. The SMILES string of the molecule is OCC1O[C@@H](O)[C@H](Cl)C(O)[C@H]1O. The van der Waals surface area contributed by atoms with Crippen molar-refractivity contribution in [3.05, 3.63) is 0 Å². The Balaban J connectivity index is 2.63. The van der Waals surface area contributed by atoms with Crippen molar-refractivity contribution in [2.45, 2.75) is 30.0 Å². The Bertz CT molecular complexity index is 150. The lowest BCUT2D eigenvalue weighted by molar-refractivity contribution is -0.236. The molecule has 6 heteroatoms. The topological polar surface area (TPSA) is 90.2 Å². The molecule has 12 heavy (non-hydrogen) atoms. The number of hydrogen-bond donors (Lipinski definition) is 4. The first-order chi connectivity index (χ1) is 5.57. The minimum Gasteiger partial charge on any atom is -0.394 e. The molecule has 2 unspecified atom stereocenters. The van der Waals surface area contributed by atoms with Crippen molar-refractivity contribution in [1.29, 1.82) is 0 Å². The molecule has 72 valence electrons. The van der Waals surface area contributed by atoms with Gasteiger partial charge in [0.25, 0.3) is 0 Å². The summed E-state index contributed by atoms with van der Waals surface area (Å²) in [4.78, 5) is 0. The second kappa shape index (κ2) is 3.87. The van der Waals surface area contributed by atoms with Crippen LogP contribution in [0.1, 0.15) is 0 Å². The quantitative estimate of drug-likeness (QED) is 0.367. The smallest absolute Gasteiger partial charge is 0.174 e. The fraction of sp³-hybridized carbons (Fsp3) is 1.00. The van der Waals surface area contributed by atoms with E-state index in [2.05, 4.69) is 0 Å². The Morgan fingerprint density at radius 3 is 2.25 bits per heavy atom.